The van der Waals surface area contributed by atoms with Gasteiger partial charge in [-0.2, -0.15) is 0 Å². The number of carbonyl (C=O) groups excluding carboxylic acids is 2. The fourth-order valence-electron chi connectivity index (χ4n) is 3.03. The van der Waals surface area contributed by atoms with Gasteiger partial charge in [0.15, 0.2) is 0 Å². The van der Waals surface area contributed by atoms with E-state index in [4.69, 9.17) is 4.74 Å². The molecule has 22 heavy (non-hydrogen) atoms. The summed E-state index contributed by atoms with van der Waals surface area (Å²) < 4.78 is 5.12. The molecule has 1 heterocycles. The van der Waals surface area contributed by atoms with E-state index in [0.29, 0.717) is 5.82 Å². The third-order valence-electron chi connectivity index (χ3n) is 4.08. The molecule has 120 valence electrons. The van der Waals surface area contributed by atoms with Crippen LogP contribution < -0.4 is 5.32 Å². The van der Waals surface area contributed by atoms with Crippen molar-refractivity contribution in [2.75, 3.05) is 11.9 Å². The molecule has 0 aromatic carbocycles. The molecule has 1 atom stereocenters. The molecule has 1 amide bonds. The van der Waals surface area contributed by atoms with Crippen LogP contribution in [0.3, 0.4) is 0 Å². The molecule has 0 unspecified atom stereocenters. The van der Waals surface area contributed by atoms with Crippen LogP contribution in [0.4, 0.5) is 5.82 Å². The van der Waals surface area contributed by atoms with Crippen LogP contribution >= 0.6 is 0 Å². The van der Waals surface area contributed by atoms with E-state index in [-0.39, 0.29) is 18.4 Å². The number of carbonyl (C=O) groups is 2. The van der Waals surface area contributed by atoms with Crippen molar-refractivity contribution < 1.29 is 14.3 Å². The SMILES string of the molecule is CCOC(=O)[C@H](C(=O)Nc1cccc(C)n1)C1CCCCC1. The fraction of sp³-hybridized carbons (Fsp3) is 0.588. The van der Waals surface area contributed by atoms with Crippen LogP contribution in [0, 0.1) is 18.8 Å². The van der Waals surface area contributed by atoms with Gasteiger partial charge >= 0.3 is 5.97 Å². The van der Waals surface area contributed by atoms with Gasteiger partial charge in [0.2, 0.25) is 5.91 Å². The molecule has 5 nitrogen and oxygen atoms in total. The Labute approximate surface area is 131 Å². The number of pyridine rings is 1. The molecule has 5 heteroatoms. The first-order valence-electron chi connectivity index (χ1n) is 8.03. The number of nitrogens with zero attached hydrogens (tertiary/aromatic N) is 1. The molecule has 1 fully saturated rings. The maximum atomic E-state index is 12.6. The van der Waals surface area contributed by atoms with Crippen LogP contribution in [0.15, 0.2) is 18.2 Å². The smallest absolute Gasteiger partial charge is 0.318 e. The van der Waals surface area contributed by atoms with Crippen molar-refractivity contribution in [2.45, 2.75) is 46.0 Å². The van der Waals surface area contributed by atoms with Crippen molar-refractivity contribution in [3.63, 3.8) is 0 Å². The van der Waals surface area contributed by atoms with Crippen LogP contribution in [0.25, 0.3) is 0 Å². The topological polar surface area (TPSA) is 68.3 Å². The lowest BCUT2D eigenvalue weighted by Crippen LogP contribution is -2.38. The maximum Gasteiger partial charge on any atom is 0.318 e. The molecule has 1 aromatic rings. The normalized spacial score (nSPS) is 16.8. The summed E-state index contributed by atoms with van der Waals surface area (Å²) in [4.78, 5) is 29.1. The van der Waals surface area contributed by atoms with E-state index >= 15 is 0 Å². The predicted molar refractivity (Wildman–Crippen MR) is 84.3 cm³/mol. The number of nitrogens with one attached hydrogen (secondary N) is 1. The molecule has 1 saturated carbocycles. The minimum absolute atomic E-state index is 0.0672. The van der Waals surface area contributed by atoms with E-state index in [1.165, 1.54) is 6.42 Å². The van der Waals surface area contributed by atoms with Crippen molar-refractivity contribution >= 4 is 17.7 Å². The number of amides is 1. The van der Waals surface area contributed by atoms with Crippen molar-refractivity contribution in [1.29, 1.82) is 0 Å². The molecule has 0 radical (unpaired) electrons. The molecular weight excluding hydrogens is 280 g/mol. The standard InChI is InChI=1S/C17H24N2O3/c1-3-22-17(21)15(13-9-5-4-6-10-13)16(20)19-14-11-7-8-12(2)18-14/h7-8,11,13,15H,3-6,9-10H2,1-2H3,(H,18,19,20)/t15-/m0/s1. The highest BCUT2D eigenvalue weighted by molar-refractivity contribution is 6.04. The van der Waals surface area contributed by atoms with E-state index < -0.39 is 11.9 Å². The average molecular weight is 304 g/mol. The third-order valence-corrected chi connectivity index (χ3v) is 4.08. The van der Waals surface area contributed by atoms with Gasteiger partial charge in [0.1, 0.15) is 11.7 Å². The van der Waals surface area contributed by atoms with Gasteiger partial charge in [-0.05, 0) is 44.7 Å². The van der Waals surface area contributed by atoms with Crippen molar-refractivity contribution in [2.24, 2.45) is 11.8 Å². The van der Waals surface area contributed by atoms with E-state index in [1.54, 1.807) is 13.0 Å². The zero-order valence-corrected chi connectivity index (χ0v) is 13.3. The quantitative estimate of drug-likeness (QED) is 0.670. The van der Waals surface area contributed by atoms with Gasteiger partial charge in [-0.25, -0.2) is 4.98 Å². The van der Waals surface area contributed by atoms with Crippen molar-refractivity contribution in [3.05, 3.63) is 23.9 Å². The number of hydrogen-bond donors (Lipinski definition) is 1. The van der Waals surface area contributed by atoms with Crippen LogP contribution in [0.1, 0.15) is 44.7 Å². The first kappa shape index (κ1) is 16.5. The molecule has 1 aromatic heterocycles. The van der Waals surface area contributed by atoms with Gasteiger partial charge in [0.05, 0.1) is 6.61 Å². The highest BCUT2D eigenvalue weighted by atomic mass is 16.5. The monoisotopic (exact) mass is 304 g/mol. The lowest BCUT2D eigenvalue weighted by atomic mass is 9.79. The van der Waals surface area contributed by atoms with Gasteiger partial charge in [-0.15, -0.1) is 0 Å². The van der Waals surface area contributed by atoms with Crippen molar-refractivity contribution in [3.8, 4) is 0 Å². The van der Waals surface area contributed by atoms with E-state index in [0.717, 1.165) is 31.4 Å². The Balaban J connectivity index is 2.12. The molecule has 2 rings (SSSR count). The Morgan fingerprint density at radius 1 is 1.32 bits per heavy atom. The lowest BCUT2D eigenvalue weighted by Gasteiger charge is -2.27. The number of ether oxygens (including phenoxy) is 1. The first-order valence-corrected chi connectivity index (χ1v) is 8.03. The van der Waals surface area contributed by atoms with E-state index in [1.807, 2.05) is 19.1 Å². The zero-order valence-electron chi connectivity index (χ0n) is 13.3. The van der Waals surface area contributed by atoms with E-state index in [9.17, 15) is 9.59 Å². The van der Waals surface area contributed by atoms with Gasteiger partial charge in [-0.1, -0.05) is 25.3 Å². The number of anilines is 1. The Morgan fingerprint density at radius 2 is 2.05 bits per heavy atom. The molecule has 1 N–H and O–H groups in total. The fourth-order valence-corrected chi connectivity index (χ4v) is 3.03. The van der Waals surface area contributed by atoms with Crippen molar-refractivity contribution in [1.82, 2.24) is 4.98 Å². The minimum atomic E-state index is -0.734. The zero-order chi connectivity index (χ0) is 15.9. The predicted octanol–water partition coefficient (Wildman–Crippen LogP) is 3.09. The number of aromatic nitrogens is 1. The Kier molecular flexibility index (Phi) is 5.92. The summed E-state index contributed by atoms with van der Waals surface area (Å²) in [6.45, 7) is 3.91. The summed E-state index contributed by atoms with van der Waals surface area (Å²) in [6.07, 6.45) is 5.11. The highest BCUT2D eigenvalue weighted by Gasteiger charge is 2.36. The second-order valence-corrected chi connectivity index (χ2v) is 5.78. The van der Waals surface area contributed by atoms with Gasteiger partial charge in [0.25, 0.3) is 0 Å². The minimum Gasteiger partial charge on any atom is -0.465 e. The molecule has 1 aliphatic rings. The van der Waals surface area contributed by atoms with Crippen LogP contribution in [-0.2, 0) is 14.3 Å². The third kappa shape index (κ3) is 4.29. The largest absolute Gasteiger partial charge is 0.465 e. The number of rotatable bonds is 5. The van der Waals surface area contributed by atoms with Gasteiger partial charge < -0.3 is 10.1 Å². The second kappa shape index (κ2) is 7.92. The Bertz CT molecular complexity index is 524. The molecule has 0 spiro atoms. The summed E-state index contributed by atoms with van der Waals surface area (Å²) in [5.74, 6) is -0.904. The number of aryl methyl sites for hydroxylation is 1. The van der Waals surface area contributed by atoms with Crippen LogP contribution in [0.2, 0.25) is 0 Å². The summed E-state index contributed by atoms with van der Waals surface area (Å²) in [7, 11) is 0. The molecule has 0 aliphatic heterocycles. The molecule has 0 bridgehead atoms. The van der Waals surface area contributed by atoms with E-state index in [2.05, 4.69) is 10.3 Å². The second-order valence-electron chi connectivity index (χ2n) is 5.78. The first-order chi connectivity index (χ1) is 10.6. The highest BCUT2D eigenvalue weighted by Crippen LogP contribution is 2.31. The summed E-state index contributed by atoms with van der Waals surface area (Å²) in [5, 5.41) is 2.77. The maximum absolute atomic E-state index is 12.6. The van der Waals surface area contributed by atoms with Crippen LogP contribution in [-0.4, -0.2) is 23.5 Å². The molecule has 1 aliphatic carbocycles. The summed E-state index contributed by atoms with van der Waals surface area (Å²) >= 11 is 0. The number of esters is 1. The lowest BCUT2D eigenvalue weighted by molar-refractivity contribution is -0.153. The Hall–Kier alpha value is -1.91. The molecule has 0 saturated heterocycles. The summed E-state index contributed by atoms with van der Waals surface area (Å²) in [5.41, 5.74) is 0.822. The average Bonchev–Trinajstić information content (AvgIpc) is 2.49. The Morgan fingerprint density at radius 3 is 2.68 bits per heavy atom. The number of hydrogen-bond acceptors (Lipinski definition) is 4. The van der Waals surface area contributed by atoms with Crippen LogP contribution in [0.5, 0.6) is 0 Å². The van der Waals surface area contributed by atoms with Gasteiger partial charge in [0, 0.05) is 5.69 Å². The molecular formula is C17H24N2O3. The summed E-state index contributed by atoms with van der Waals surface area (Å²) in [6, 6.07) is 5.42. The van der Waals surface area contributed by atoms with Gasteiger partial charge in [-0.3, -0.25) is 9.59 Å².